The summed E-state index contributed by atoms with van der Waals surface area (Å²) in [6.45, 7) is 6.19. The predicted molar refractivity (Wildman–Crippen MR) is 108 cm³/mol. The first-order chi connectivity index (χ1) is 13.4. The molecule has 1 unspecified atom stereocenters. The van der Waals surface area contributed by atoms with E-state index in [0.717, 1.165) is 49.5 Å². The molecule has 1 N–H and O–H groups in total. The molecule has 0 aromatic rings. The molecule has 3 rings (SSSR count). The van der Waals surface area contributed by atoms with Crippen LogP contribution in [0.3, 0.4) is 0 Å². The summed E-state index contributed by atoms with van der Waals surface area (Å²) in [5, 5.41) is 2.88. The van der Waals surface area contributed by atoms with Crippen molar-refractivity contribution in [1.29, 1.82) is 0 Å². The number of imide groups is 1. The van der Waals surface area contributed by atoms with Crippen molar-refractivity contribution in [3.8, 4) is 0 Å². The lowest BCUT2D eigenvalue weighted by molar-refractivity contribution is -0.137. The summed E-state index contributed by atoms with van der Waals surface area (Å²) in [6.07, 6.45) is 9.03. The van der Waals surface area contributed by atoms with E-state index < -0.39 is 5.54 Å². The van der Waals surface area contributed by atoms with Crippen molar-refractivity contribution < 1.29 is 14.4 Å². The topological polar surface area (TPSA) is 73.0 Å². The Kier molecular flexibility index (Phi) is 6.96. The molecule has 0 radical (unpaired) electrons. The quantitative estimate of drug-likeness (QED) is 0.533. The Bertz CT molecular complexity index is 588. The van der Waals surface area contributed by atoms with Gasteiger partial charge in [-0.1, -0.05) is 26.2 Å². The van der Waals surface area contributed by atoms with Gasteiger partial charge in [0, 0.05) is 20.1 Å². The highest BCUT2D eigenvalue weighted by atomic mass is 16.2. The summed E-state index contributed by atoms with van der Waals surface area (Å²) in [5.74, 6) is 0.359. The predicted octanol–water partition coefficient (Wildman–Crippen LogP) is 2.21. The first-order valence-electron chi connectivity index (χ1n) is 11.0. The monoisotopic (exact) mass is 392 g/mol. The zero-order valence-corrected chi connectivity index (χ0v) is 17.5. The molecule has 2 heterocycles. The van der Waals surface area contributed by atoms with E-state index in [9.17, 15) is 14.4 Å². The largest absolute Gasteiger partial charge is 0.355 e. The molecule has 0 bridgehead atoms. The summed E-state index contributed by atoms with van der Waals surface area (Å²) in [6, 6.07) is -0.332. The van der Waals surface area contributed by atoms with Gasteiger partial charge >= 0.3 is 6.03 Å². The number of rotatable bonds is 7. The number of unbranched alkanes of at least 4 members (excludes halogenated alkanes) is 1. The van der Waals surface area contributed by atoms with Gasteiger partial charge in [0.15, 0.2) is 0 Å². The maximum absolute atomic E-state index is 12.9. The molecule has 1 spiro atoms. The van der Waals surface area contributed by atoms with Crippen LogP contribution in [-0.2, 0) is 9.59 Å². The highest BCUT2D eigenvalue weighted by Gasteiger charge is 2.55. The van der Waals surface area contributed by atoms with Crippen LogP contribution in [0.4, 0.5) is 4.79 Å². The van der Waals surface area contributed by atoms with Crippen LogP contribution in [-0.4, -0.2) is 77.9 Å². The van der Waals surface area contributed by atoms with Gasteiger partial charge in [-0.2, -0.15) is 0 Å². The molecule has 1 saturated carbocycles. The zero-order chi connectivity index (χ0) is 20.1. The Balaban J connectivity index is 1.38. The van der Waals surface area contributed by atoms with Crippen LogP contribution >= 0.6 is 0 Å². The van der Waals surface area contributed by atoms with Crippen LogP contribution in [0.2, 0.25) is 0 Å². The standard InChI is InChI=1S/C21H36N4O3/c1-17-9-8-14-24(15-17)13-7-6-12-22-18(26)16-25-19(27)21(23(2)20(25)28)10-4-3-5-11-21/h17H,3-16H2,1-2H3,(H,22,26). The third-order valence-electron chi connectivity index (χ3n) is 6.75. The van der Waals surface area contributed by atoms with E-state index in [2.05, 4.69) is 17.1 Å². The van der Waals surface area contributed by atoms with Crippen molar-refractivity contribution in [2.75, 3.05) is 39.8 Å². The number of nitrogens with one attached hydrogen (secondary N) is 1. The van der Waals surface area contributed by atoms with E-state index in [0.29, 0.717) is 19.4 Å². The molecular formula is C21H36N4O3. The average molecular weight is 393 g/mol. The summed E-state index contributed by atoms with van der Waals surface area (Å²) < 4.78 is 0. The first-order valence-corrected chi connectivity index (χ1v) is 11.0. The zero-order valence-electron chi connectivity index (χ0n) is 17.5. The van der Waals surface area contributed by atoms with E-state index in [-0.39, 0.29) is 24.4 Å². The number of amides is 4. The molecule has 1 aliphatic carbocycles. The van der Waals surface area contributed by atoms with Crippen molar-refractivity contribution >= 4 is 17.8 Å². The minimum Gasteiger partial charge on any atom is -0.355 e. The maximum Gasteiger partial charge on any atom is 0.327 e. The number of hydrogen-bond acceptors (Lipinski definition) is 4. The number of likely N-dealkylation sites (N-methyl/N-ethyl adjacent to an activating group) is 1. The second-order valence-corrected chi connectivity index (χ2v) is 8.93. The van der Waals surface area contributed by atoms with Crippen molar-refractivity contribution in [3.05, 3.63) is 0 Å². The first kappa shape index (κ1) is 21.1. The van der Waals surface area contributed by atoms with Crippen LogP contribution in [0.1, 0.15) is 64.7 Å². The molecule has 7 heteroatoms. The fourth-order valence-corrected chi connectivity index (χ4v) is 5.05. The second-order valence-electron chi connectivity index (χ2n) is 8.93. The number of carbonyl (C=O) groups excluding carboxylic acids is 3. The van der Waals surface area contributed by atoms with Crippen LogP contribution in [0, 0.1) is 5.92 Å². The number of urea groups is 1. The van der Waals surface area contributed by atoms with Gasteiger partial charge in [-0.15, -0.1) is 0 Å². The third kappa shape index (κ3) is 4.50. The number of carbonyl (C=O) groups is 3. The lowest BCUT2D eigenvalue weighted by Gasteiger charge is -2.35. The van der Waals surface area contributed by atoms with Gasteiger partial charge in [0.05, 0.1) is 0 Å². The van der Waals surface area contributed by atoms with Crippen molar-refractivity contribution in [2.45, 2.75) is 70.3 Å². The Morgan fingerprint density at radius 3 is 2.61 bits per heavy atom. The number of hydrogen-bond donors (Lipinski definition) is 1. The number of nitrogens with zero attached hydrogens (tertiary/aromatic N) is 3. The summed E-state index contributed by atoms with van der Waals surface area (Å²) in [4.78, 5) is 43.0. The molecule has 158 valence electrons. The molecule has 4 amide bonds. The average Bonchev–Trinajstić information content (AvgIpc) is 2.85. The molecule has 0 aromatic carbocycles. The van der Waals surface area contributed by atoms with E-state index in [1.165, 1.54) is 25.9 Å². The highest BCUT2D eigenvalue weighted by molar-refractivity contribution is 6.08. The van der Waals surface area contributed by atoms with E-state index in [1.807, 2.05) is 0 Å². The van der Waals surface area contributed by atoms with Crippen LogP contribution in [0.25, 0.3) is 0 Å². The second kappa shape index (κ2) is 9.25. The third-order valence-corrected chi connectivity index (χ3v) is 6.75. The molecule has 28 heavy (non-hydrogen) atoms. The van der Waals surface area contributed by atoms with Gasteiger partial charge in [0.2, 0.25) is 5.91 Å². The molecular weight excluding hydrogens is 356 g/mol. The lowest BCUT2D eigenvalue weighted by atomic mass is 9.81. The molecule has 2 saturated heterocycles. The fourth-order valence-electron chi connectivity index (χ4n) is 5.05. The van der Waals surface area contributed by atoms with Gasteiger partial charge in [-0.3, -0.25) is 14.5 Å². The van der Waals surface area contributed by atoms with E-state index >= 15 is 0 Å². The lowest BCUT2D eigenvalue weighted by Crippen LogP contribution is -2.49. The van der Waals surface area contributed by atoms with Crippen LogP contribution < -0.4 is 5.32 Å². The summed E-state index contributed by atoms with van der Waals surface area (Å²) in [7, 11) is 1.70. The number of likely N-dealkylation sites (tertiary alicyclic amines) is 1. The minimum atomic E-state index is -0.707. The minimum absolute atomic E-state index is 0.159. The molecule has 3 aliphatic rings. The molecule has 0 aromatic heterocycles. The SMILES string of the molecule is CC1CCCN(CCCCNC(=O)CN2C(=O)N(C)C3(CCCCC3)C2=O)C1. The Labute approximate surface area is 168 Å². The maximum atomic E-state index is 12.9. The molecule has 2 aliphatic heterocycles. The molecule has 1 atom stereocenters. The Morgan fingerprint density at radius 1 is 1.14 bits per heavy atom. The highest BCUT2D eigenvalue weighted by Crippen LogP contribution is 2.39. The summed E-state index contributed by atoms with van der Waals surface area (Å²) in [5.41, 5.74) is -0.707. The van der Waals surface area contributed by atoms with Crippen LogP contribution in [0.15, 0.2) is 0 Å². The number of piperidine rings is 1. The molecule has 7 nitrogen and oxygen atoms in total. The molecule has 3 fully saturated rings. The van der Waals surface area contributed by atoms with Crippen molar-refractivity contribution in [1.82, 2.24) is 20.0 Å². The van der Waals surface area contributed by atoms with Gasteiger partial charge in [0.25, 0.3) is 5.91 Å². The Morgan fingerprint density at radius 2 is 1.89 bits per heavy atom. The van der Waals surface area contributed by atoms with Gasteiger partial charge < -0.3 is 15.1 Å². The Hall–Kier alpha value is -1.63. The van der Waals surface area contributed by atoms with Crippen LogP contribution in [0.5, 0.6) is 0 Å². The van der Waals surface area contributed by atoms with Crippen molar-refractivity contribution in [3.63, 3.8) is 0 Å². The van der Waals surface area contributed by atoms with Gasteiger partial charge in [-0.05, 0) is 57.5 Å². The van der Waals surface area contributed by atoms with Gasteiger partial charge in [0.1, 0.15) is 12.1 Å². The normalized spacial score (nSPS) is 25.6. The van der Waals surface area contributed by atoms with Gasteiger partial charge in [-0.25, -0.2) is 4.79 Å². The van der Waals surface area contributed by atoms with E-state index in [1.54, 1.807) is 11.9 Å². The van der Waals surface area contributed by atoms with E-state index in [4.69, 9.17) is 0 Å². The van der Waals surface area contributed by atoms with Crippen molar-refractivity contribution in [2.24, 2.45) is 5.92 Å². The smallest absolute Gasteiger partial charge is 0.327 e. The summed E-state index contributed by atoms with van der Waals surface area (Å²) >= 11 is 0. The fraction of sp³-hybridized carbons (Fsp3) is 0.857.